The number of nitrogens with one attached hydrogen (secondary N) is 1. The zero-order valence-electron chi connectivity index (χ0n) is 13.5. The van der Waals surface area contributed by atoms with Crippen LogP contribution in [0.3, 0.4) is 0 Å². The SMILES string of the molecule is CC(=O)Nc1ncc(-c2ccc(O)cc2)nc1C(O)c1ccccc1. The molecule has 0 radical (unpaired) electrons. The molecule has 0 saturated heterocycles. The average Bonchev–Trinajstić information content (AvgIpc) is 2.62. The first-order chi connectivity index (χ1) is 12.0. The van der Waals surface area contributed by atoms with Gasteiger partial charge < -0.3 is 15.5 Å². The number of aromatic hydroxyl groups is 1. The molecule has 1 atom stereocenters. The Balaban J connectivity index is 2.07. The van der Waals surface area contributed by atoms with Gasteiger partial charge in [-0.05, 0) is 29.8 Å². The van der Waals surface area contributed by atoms with Crippen molar-refractivity contribution in [3.63, 3.8) is 0 Å². The van der Waals surface area contributed by atoms with Crippen LogP contribution in [0.2, 0.25) is 0 Å². The molecule has 126 valence electrons. The number of hydrogen-bond donors (Lipinski definition) is 3. The van der Waals surface area contributed by atoms with Crippen LogP contribution in [0.4, 0.5) is 5.82 Å². The zero-order valence-corrected chi connectivity index (χ0v) is 13.5. The molecule has 0 fully saturated rings. The fraction of sp³-hybridized carbons (Fsp3) is 0.105. The molecule has 0 aliphatic heterocycles. The Morgan fingerprint density at radius 1 is 1.08 bits per heavy atom. The summed E-state index contributed by atoms with van der Waals surface area (Å²) < 4.78 is 0. The third-order valence-corrected chi connectivity index (χ3v) is 3.63. The number of aromatic nitrogens is 2. The second kappa shape index (κ2) is 7.11. The van der Waals surface area contributed by atoms with Crippen molar-refractivity contribution >= 4 is 11.7 Å². The van der Waals surface area contributed by atoms with E-state index in [0.29, 0.717) is 11.3 Å². The van der Waals surface area contributed by atoms with Gasteiger partial charge in [0.05, 0.1) is 11.9 Å². The minimum atomic E-state index is -1.03. The number of phenolic OH excluding ortho intramolecular Hbond substituents is 1. The molecule has 3 rings (SSSR count). The van der Waals surface area contributed by atoms with Crippen molar-refractivity contribution in [2.24, 2.45) is 0 Å². The Hall–Kier alpha value is -3.25. The molecule has 1 amide bonds. The van der Waals surface area contributed by atoms with Gasteiger partial charge in [0.2, 0.25) is 5.91 Å². The maximum atomic E-state index is 11.4. The van der Waals surface area contributed by atoms with Crippen molar-refractivity contribution in [3.05, 3.63) is 72.1 Å². The van der Waals surface area contributed by atoms with Gasteiger partial charge >= 0.3 is 0 Å². The van der Waals surface area contributed by atoms with Crippen LogP contribution in [0.5, 0.6) is 5.75 Å². The van der Waals surface area contributed by atoms with Crippen LogP contribution < -0.4 is 5.32 Å². The number of hydrogen-bond acceptors (Lipinski definition) is 5. The molecule has 0 spiro atoms. The molecule has 3 aromatic rings. The predicted octanol–water partition coefficient (Wildman–Crippen LogP) is 2.89. The van der Waals surface area contributed by atoms with Crippen LogP contribution in [0.1, 0.15) is 24.3 Å². The molecule has 0 aliphatic rings. The van der Waals surface area contributed by atoms with Crippen molar-refractivity contribution in [2.75, 3.05) is 5.32 Å². The Morgan fingerprint density at radius 3 is 2.40 bits per heavy atom. The number of benzene rings is 2. The van der Waals surface area contributed by atoms with Crippen molar-refractivity contribution in [1.29, 1.82) is 0 Å². The molecular formula is C19H17N3O3. The fourth-order valence-corrected chi connectivity index (χ4v) is 2.42. The zero-order chi connectivity index (χ0) is 17.8. The second-order valence-corrected chi connectivity index (χ2v) is 5.53. The van der Waals surface area contributed by atoms with Crippen molar-refractivity contribution < 1.29 is 15.0 Å². The number of carbonyl (C=O) groups excluding carboxylic acids is 1. The summed E-state index contributed by atoms with van der Waals surface area (Å²) in [6.45, 7) is 1.37. The molecule has 0 aliphatic carbocycles. The highest BCUT2D eigenvalue weighted by molar-refractivity contribution is 5.88. The molecule has 1 heterocycles. The van der Waals surface area contributed by atoms with Gasteiger partial charge in [-0.15, -0.1) is 0 Å². The molecule has 3 N–H and O–H groups in total. The van der Waals surface area contributed by atoms with E-state index in [9.17, 15) is 15.0 Å². The lowest BCUT2D eigenvalue weighted by Gasteiger charge is -2.15. The van der Waals surface area contributed by atoms with E-state index in [1.165, 1.54) is 13.1 Å². The Bertz CT molecular complexity index is 880. The highest BCUT2D eigenvalue weighted by atomic mass is 16.3. The normalized spacial score (nSPS) is 11.8. The second-order valence-electron chi connectivity index (χ2n) is 5.53. The van der Waals surface area contributed by atoms with Crippen LogP contribution in [-0.4, -0.2) is 26.1 Å². The molecular weight excluding hydrogens is 318 g/mol. The lowest BCUT2D eigenvalue weighted by atomic mass is 10.1. The number of aliphatic hydroxyl groups excluding tert-OH is 1. The molecule has 6 nitrogen and oxygen atoms in total. The number of amides is 1. The van der Waals surface area contributed by atoms with Gasteiger partial charge in [0.25, 0.3) is 0 Å². The smallest absolute Gasteiger partial charge is 0.222 e. The van der Waals surface area contributed by atoms with Crippen LogP contribution in [0, 0.1) is 0 Å². The first-order valence-electron chi connectivity index (χ1n) is 7.71. The standard InChI is InChI=1S/C19H17N3O3/c1-12(23)21-19-17(18(25)14-5-3-2-4-6-14)22-16(11-20-19)13-7-9-15(24)10-8-13/h2-11,18,24-25H,1H3,(H,20,21,23). The van der Waals surface area contributed by atoms with Crippen molar-refractivity contribution in [2.45, 2.75) is 13.0 Å². The lowest BCUT2D eigenvalue weighted by molar-refractivity contribution is -0.114. The van der Waals surface area contributed by atoms with Crippen molar-refractivity contribution in [3.8, 4) is 17.0 Å². The molecule has 25 heavy (non-hydrogen) atoms. The summed E-state index contributed by atoms with van der Waals surface area (Å²) in [5, 5.41) is 22.7. The number of anilines is 1. The van der Waals surface area contributed by atoms with E-state index in [2.05, 4.69) is 15.3 Å². The third kappa shape index (κ3) is 3.81. The van der Waals surface area contributed by atoms with E-state index in [0.717, 1.165) is 5.56 Å². The summed E-state index contributed by atoms with van der Waals surface area (Å²) in [6.07, 6.45) is 0.478. The monoisotopic (exact) mass is 335 g/mol. The summed E-state index contributed by atoms with van der Waals surface area (Å²) in [5.41, 5.74) is 2.17. The van der Waals surface area contributed by atoms with Gasteiger partial charge in [0, 0.05) is 12.5 Å². The Labute approximate surface area is 144 Å². The van der Waals surface area contributed by atoms with Gasteiger partial charge in [-0.1, -0.05) is 30.3 Å². The number of aliphatic hydroxyl groups is 1. The summed E-state index contributed by atoms with van der Waals surface area (Å²) in [5.74, 6) is 0.0655. The van der Waals surface area contributed by atoms with E-state index in [4.69, 9.17) is 0 Å². The molecule has 0 bridgehead atoms. The van der Waals surface area contributed by atoms with Gasteiger partial charge in [-0.3, -0.25) is 4.79 Å². The van der Waals surface area contributed by atoms with Crippen LogP contribution in [-0.2, 0) is 4.79 Å². The highest BCUT2D eigenvalue weighted by Crippen LogP contribution is 2.28. The van der Waals surface area contributed by atoms with Gasteiger partial charge in [0.1, 0.15) is 17.5 Å². The van der Waals surface area contributed by atoms with Gasteiger partial charge in [-0.2, -0.15) is 0 Å². The fourth-order valence-electron chi connectivity index (χ4n) is 2.42. The minimum absolute atomic E-state index is 0.149. The average molecular weight is 335 g/mol. The summed E-state index contributed by atoms with van der Waals surface area (Å²) in [6, 6.07) is 15.5. The topological polar surface area (TPSA) is 95.3 Å². The summed E-state index contributed by atoms with van der Waals surface area (Å²) in [7, 11) is 0. The van der Waals surface area contributed by atoms with E-state index >= 15 is 0 Å². The first-order valence-corrected chi connectivity index (χ1v) is 7.71. The van der Waals surface area contributed by atoms with Gasteiger partial charge in [-0.25, -0.2) is 9.97 Å². The molecule has 1 aromatic heterocycles. The quantitative estimate of drug-likeness (QED) is 0.681. The number of phenols is 1. The first kappa shape index (κ1) is 16.6. The summed E-state index contributed by atoms with van der Waals surface area (Å²) in [4.78, 5) is 20.2. The molecule has 0 saturated carbocycles. The number of rotatable bonds is 4. The van der Waals surface area contributed by atoms with Crippen molar-refractivity contribution in [1.82, 2.24) is 9.97 Å². The van der Waals surface area contributed by atoms with Crippen LogP contribution >= 0.6 is 0 Å². The van der Waals surface area contributed by atoms with Gasteiger partial charge in [0.15, 0.2) is 5.82 Å². The van der Waals surface area contributed by atoms with Crippen LogP contribution in [0.15, 0.2) is 60.8 Å². The maximum absolute atomic E-state index is 11.4. The lowest BCUT2D eigenvalue weighted by Crippen LogP contribution is -2.14. The Kier molecular flexibility index (Phi) is 4.72. The predicted molar refractivity (Wildman–Crippen MR) is 93.9 cm³/mol. The number of nitrogens with zero attached hydrogens (tertiary/aromatic N) is 2. The van der Waals surface area contributed by atoms with Crippen LogP contribution in [0.25, 0.3) is 11.3 Å². The molecule has 1 unspecified atom stereocenters. The molecule has 2 aromatic carbocycles. The van der Waals surface area contributed by atoms with E-state index in [-0.39, 0.29) is 23.2 Å². The maximum Gasteiger partial charge on any atom is 0.222 e. The van der Waals surface area contributed by atoms with E-state index in [1.54, 1.807) is 36.4 Å². The largest absolute Gasteiger partial charge is 0.508 e. The van der Waals surface area contributed by atoms with E-state index in [1.807, 2.05) is 18.2 Å². The third-order valence-electron chi connectivity index (χ3n) is 3.63. The van der Waals surface area contributed by atoms with E-state index < -0.39 is 6.10 Å². The Morgan fingerprint density at radius 2 is 1.76 bits per heavy atom. The number of carbonyl (C=O) groups is 1. The summed E-state index contributed by atoms with van der Waals surface area (Å²) >= 11 is 0. The highest BCUT2D eigenvalue weighted by Gasteiger charge is 2.19. The minimum Gasteiger partial charge on any atom is -0.508 e. The molecule has 6 heteroatoms.